The van der Waals surface area contributed by atoms with Crippen LogP contribution in [-0.4, -0.2) is 19.0 Å². The van der Waals surface area contributed by atoms with E-state index in [-0.39, 0.29) is 17.3 Å². The first-order valence-corrected chi connectivity index (χ1v) is 5.92. The van der Waals surface area contributed by atoms with Gasteiger partial charge in [-0.2, -0.15) is 0 Å². The molecule has 90 valence electrons. The van der Waals surface area contributed by atoms with Gasteiger partial charge in [0.25, 0.3) is 0 Å². The quantitative estimate of drug-likeness (QED) is 0.649. The molecule has 0 aliphatic carbocycles. The minimum Gasteiger partial charge on any atom is -0.380 e. The Balaban J connectivity index is 4.69. The fourth-order valence-corrected chi connectivity index (χ4v) is 2.51. The SMILES string of the molecule is CCC(CC)C(C)(C)C(CC(C)=O)OC. The molecular weight excluding hydrogens is 188 g/mol. The smallest absolute Gasteiger partial charge is 0.132 e. The first kappa shape index (κ1) is 14.6. The van der Waals surface area contributed by atoms with E-state index < -0.39 is 0 Å². The summed E-state index contributed by atoms with van der Waals surface area (Å²) in [5.41, 5.74) is 0.0733. The van der Waals surface area contributed by atoms with Crippen molar-refractivity contribution in [2.24, 2.45) is 11.3 Å². The van der Waals surface area contributed by atoms with Crippen molar-refractivity contribution in [1.82, 2.24) is 0 Å². The van der Waals surface area contributed by atoms with E-state index in [1.807, 2.05) is 0 Å². The average molecular weight is 214 g/mol. The van der Waals surface area contributed by atoms with Gasteiger partial charge in [-0.1, -0.05) is 40.5 Å². The third-order valence-electron chi connectivity index (χ3n) is 3.63. The second-order valence-corrected chi connectivity index (χ2v) is 4.97. The average Bonchev–Trinajstić information content (AvgIpc) is 2.15. The molecule has 1 unspecified atom stereocenters. The van der Waals surface area contributed by atoms with E-state index >= 15 is 0 Å². The van der Waals surface area contributed by atoms with Gasteiger partial charge in [-0.05, 0) is 18.3 Å². The minimum atomic E-state index is 0.0416. The van der Waals surface area contributed by atoms with Crippen LogP contribution in [0.2, 0.25) is 0 Å². The maximum Gasteiger partial charge on any atom is 0.132 e. The summed E-state index contributed by atoms with van der Waals surface area (Å²) in [5.74, 6) is 0.822. The zero-order valence-corrected chi connectivity index (χ0v) is 11.1. The molecule has 0 heterocycles. The van der Waals surface area contributed by atoms with Crippen LogP contribution < -0.4 is 0 Å². The van der Waals surface area contributed by atoms with E-state index in [4.69, 9.17) is 4.74 Å². The highest BCUT2D eigenvalue weighted by Gasteiger charge is 2.36. The molecular formula is C13H26O2. The first-order chi connectivity index (χ1) is 6.89. The molecule has 0 amide bonds. The van der Waals surface area contributed by atoms with Crippen molar-refractivity contribution in [2.75, 3.05) is 7.11 Å². The molecule has 0 fully saturated rings. The molecule has 0 aromatic rings. The van der Waals surface area contributed by atoms with E-state index in [9.17, 15) is 4.79 Å². The predicted octanol–water partition coefficient (Wildman–Crippen LogP) is 3.44. The van der Waals surface area contributed by atoms with Gasteiger partial charge in [0.05, 0.1) is 6.10 Å². The van der Waals surface area contributed by atoms with Crippen LogP contribution in [0.25, 0.3) is 0 Å². The van der Waals surface area contributed by atoms with E-state index in [2.05, 4.69) is 27.7 Å². The van der Waals surface area contributed by atoms with Gasteiger partial charge in [0, 0.05) is 13.5 Å². The highest BCUT2D eigenvalue weighted by molar-refractivity contribution is 5.76. The van der Waals surface area contributed by atoms with Crippen LogP contribution >= 0.6 is 0 Å². The molecule has 0 aliphatic heterocycles. The van der Waals surface area contributed by atoms with Crippen molar-refractivity contribution >= 4 is 5.78 Å². The number of Topliss-reactive ketones (excluding diaryl/α,β-unsaturated/α-hetero) is 1. The second-order valence-electron chi connectivity index (χ2n) is 4.97. The van der Waals surface area contributed by atoms with Crippen LogP contribution in [0.5, 0.6) is 0 Å². The van der Waals surface area contributed by atoms with Crippen molar-refractivity contribution in [1.29, 1.82) is 0 Å². The van der Waals surface area contributed by atoms with Gasteiger partial charge < -0.3 is 4.74 Å². The molecule has 1 atom stereocenters. The van der Waals surface area contributed by atoms with Crippen molar-refractivity contribution in [2.45, 2.75) is 60.0 Å². The number of hydrogen-bond donors (Lipinski definition) is 0. The second kappa shape index (κ2) is 6.26. The molecule has 0 saturated carbocycles. The molecule has 0 bridgehead atoms. The Kier molecular flexibility index (Phi) is 6.11. The Morgan fingerprint density at radius 2 is 1.73 bits per heavy atom. The van der Waals surface area contributed by atoms with Crippen molar-refractivity contribution < 1.29 is 9.53 Å². The molecule has 0 rings (SSSR count). The topological polar surface area (TPSA) is 26.3 Å². The van der Waals surface area contributed by atoms with Crippen LogP contribution in [-0.2, 0) is 9.53 Å². The van der Waals surface area contributed by atoms with Crippen LogP contribution in [0.3, 0.4) is 0 Å². The number of carbonyl (C=O) groups excluding carboxylic acids is 1. The fourth-order valence-electron chi connectivity index (χ4n) is 2.51. The molecule has 0 radical (unpaired) electrons. The lowest BCUT2D eigenvalue weighted by molar-refractivity contribution is -0.123. The lowest BCUT2D eigenvalue weighted by Crippen LogP contribution is -2.38. The Morgan fingerprint density at radius 3 is 2.00 bits per heavy atom. The summed E-state index contributed by atoms with van der Waals surface area (Å²) in [7, 11) is 1.71. The van der Waals surface area contributed by atoms with Crippen LogP contribution in [0.1, 0.15) is 53.9 Å². The van der Waals surface area contributed by atoms with Crippen LogP contribution in [0.4, 0.5) is 0 Å². The van der Waals surface area contributed by atoms with Gasteiger partial charge in [0.2, 0.25) is 0 Å². The third kappa shape index (κ3) is 3.94. The summed E-state index contributed by atoms with van der Waals surface area (Å²) in [6, 6.07) is 0. The minimum absolute atomic E-state index is 0.0416. The van der Waals surface area contributed by atoms with Gasteiger partial charge in [0.1, 0.15) is 5.78 Å². The lowest BCUT2D eigenvalue weighted by atomic mass is 9.70. The summed E-state index contributed by atoms with van der Waals surface area (Å²) < 4.78 is 5.49. The summed E-state index contributed by atoms with van der Waals surface area (Å²) in [6.07, 6.45) is 2.85. The molecule has 2 nitrogen and oxygen atoms in total. The van der Waals surface area contributed by atoms with E-state index in [1.54, 1.807) is 14.0 Å². The highest BCUT2D eigenvalue weighted by Crippen LogP contribution is 2.38. The molecule has 0 aromatic heterocycles. The van der Waals surface area contributed by atoms with Gasteiger partial charge in [-0.15, -0.1) is 0 Å². The van der Waals surface area contributed by atoms with Gasteiger partial charge in [-0.3, -0.25) is 4.79 Å². The van der Waals surface area contributed by atoms with E-state index in [1.165, 1.54) is 0 Å². The Hall–Kier alpha value is -0.370. The number of carbonyl (C=O) groups is 1. The highest BCUT2D eigenvalue weighted by atomic mass is 16.5. The number of ether oxygens (including phenoxy) is 1. The van der Waals surface area contributed by atoms with Crippen molar-refractivity contribution in [3.05, 3.63) is 0 Å². The van der Waals surface area contributed by atoms with Crippen molar-refractivity contribution in [3.63, 3.8) is 0 Å². The molecule has 0 aliphatic rings. The fraction of sp³-hybridized carbons (Fsp3) is 0.923. The number of ketones is 1. The van der Waals surface area contributed by atoms with E-state index in [0.29, 0.717) is 12.3 Å². The normalized spacial score (nSPS) is 14.3. The zero-order valence-electron chi connectivity index (χ0n) is 11.1. The number of methoxy groups -OCH3 is 1. The van der Waals surface area contributed by atoms with Crippen LogP contribution in [0, 0.1) is 11.3 Å². The molecule has 0 N–H and O–H groups in total. The standard InChI is InChI=1S/C13H26O2/c1-7-11(8-2)13(4,5)12(15-6)9-10(3)14/h11-12H,7-9H2,1-6H3. The maximum atomic E-state index is 11.2. The zero-order chi connectivity index (χ0) is 12.1. The molecule has 0 aromatic carbocycles. The maximum absolute atomic E-state index is 11.2. The monoisotopic (exact) mass is 214 g/mol. The summed E-state index contributed by atoms with van der Waals surface area (Å²) in [5, 5.41) is 0. The number of rotatable bonds is 7. The Morgan fingerprint density at radius 1 is 1.27 bits per heavy atom. The van der Waals surface area contributed by atoms with Gasteiger partial charge in [0.15, 0.2) is 0 Å². The molecule has 2 heteroatoms. The summed E-state index contributed by atoms with van der Waals surface area (Å²) in [6.45, 7) is 10.5. The Bertz CT molecular complexity index is 193. The predicted molar refractivity (Wildman–Crippen MR) is 63.9 cm³/mol. The number of hydrogen-bond acceptors (Lipinski definition) is 2. The van der Waals surface area contributed by atoms with Gasteiger partial charge in [-0.25, -0.2) is 0 Å². The molecule has 0 spiro atoms. The summed E-state index contributed by atoms with van der Waals surface area (Å²) >= 11 is 0. The largest absolute Gasteiger partial charge is 0.380 e. The first-order valence-electron chi connectivity index (χ1n) is 5.92. The molecule has 0 saturated heterocycles. The summed E-state index contributed by atoms with van der Waals surface area (Å²) in [4.78, 5) is 11.2. The van der Waals surface area contributed by atoms with Gasteiger partial charge >= 0.3 is 0 Å². The lowest BCUT2D eigenvalue weighted by Gasteiger charge is -2.39. The Labute approximate surface area is 94.4 Å². The van der Waals surface area contributed by atoms with E-state index in [0.717, 1.165) is 12.8 Å². The van der Waals surface area contributed by atoms with Crippen LogP contribution in [0.15, 0.2) is 0 Å². The van der Waals surface area contributed by atoms with Crippen molar-refractivity contribution in [3.8, 4) is 0 Å². The third-order valence-corrected chi connectivity index (χ3v) is 3.63. The molecule has 15 heavy (non-hydrogen) atoms.